The first-order chi connectivity index (χ1) is 7.50. The number of methoxy groups -OCH3 is 1. The highest BCUT2D eigenvalue weighted by Crippen LogP contribution is 2.24. The van der Waals surface area contributed by atoms with Gasteiger partial charge in [0, 0.05) is 11.6 Å². The van der Waals surface area contributed by atoms with Gasteiger partial charge in [-0.1, -0.05) is 18.2 Å². The van der Waals surface area contributed by atoms with Crippen LogP contribution in [0, 0.1) is 0 Å². The molecule has 1 aromatic rings. The van der Waals surface area contributed by atoms with Crippen LogP contribution in [-0.4, -0.2) is 21.3 Å². The van der Waals surface area contributed by atoms with E-state index in [4.69, 9.17) is 4.74 Å². The van der Waals surface area contributed by atoms with E-state index < -0.39 is 10.0 Å². The molecule has 0 aliphatic heterocycles. The van der Waals surface area contributed by atoms with Crippen molar-refractivity contribution < 1.29 is 13.2 Å². The quantitative estimate of drug-likeness (QED) is 0.856. The van der Waals surface area contributed by atoms with Gasteiger partial charge in [0.25, 0.3) is 0 Å². The van der Waals surface area contributed by atoms with E-state index in [0.717, 1.165) is 5.56 Å². The second-order valence-corrected chi connectivity index (χ2v) is 5.53. The Kier molecular flexibility index (Phi) is 4.32. The summed E-state index contributed by atoms with van der Waals surface area (Å²) in [5, 5.41) is 0. The molecule has 0 spiro atoms. The lowest BCUT2D eigenvalue weighted by atomic mass is 10.1. The molecule has 0 saturated carbocycles. The molecular formula is C11H17NO3S. The van der Waals surface area contributed by atoms with E-state index in [1.807, 2.05) is 24.3 Å². The van der Waals surface area contributed by atoms with E-state index in [0.29, 0.717) is 5.75 Å². The van der Waals surface area contributed by atoms with E-state index in [1.54, 1.807) is 21.0 Å². The van der Waals surface area contributed by atoms with Crippen LogP contribution in [0.25, 0.3) is 0 Å². The zero-order valence-electron chi connectivity index (χ0n) is 9.73. The lowest BCUT2D eigenvalue weighted by Gasteiger charge is -2.16. The van der Waals surface area contributed by atoms with Crippen LogP contribution in [0.1, 0.15) is 25.5 Å². The minimum Gasteiger partial charge on any atom is -0.496 e. The molecule has 0 amide bonds. The maximum absolute atomic E-state index is 11.4. The molecule has 0 aliphatic carbocycles. The molecule has 0 saturated heterocycles. The van der Waals surface area contributed by atoms with Gasteiger partial charge in [0.15, 0.2) is 0 Å². The van der Waals surface area contributed by atoms with Crippen LogP contribution in [0.3, 0.4) is 0 Å². The van der Waals surface area contributed by atoms with Gasteiger partial charge in [0.1, 0.15) is 5.75 Å². The van der Waals surface area contributed by atoms with E-state index >= 15 is 0 Å². The average Bonchev–Trinajstić information content (AvgIpc) is 2.28. The zero-order chi connectivity index (χ0) is 12.2. The fourth-order valence-electron chi connectivity index (χ4n) is 1.44. The van der Waals surface area contributed by atoms with Gasteiger partial charge >= 0.3 is 0 Å². The van der Waals surface area contributed by atoms with Crippen molar-refractivity contribution >= 4 is 10.0 Å². The Balaban J connectivity index is 2.92. The molecule has 5 heteroatoms. The maximum atomic E-state index is 11.4. The van der Waals surface area contributed by atoms with Gasteiger partial charge in [0.2, 0.25) is 10.0 Å². The normalized spacial score (nSPS) is 13.4. The van der Waals surface area contributed by atoms with Crippen molar-refractivity contribution in [2.75, 3.05) is 12.9 Å². The van der Waals surface area contributed by atoms with Crippen LogP contribution >= 0.6 is 0 Å². The minimum atomic E-state index is -3.20. The lowest BCUT2D eigenvalue weighted by Crippen LogP contribution is -2.28. The fourth-order valence-corrected chi connectivity index (χ4v) is 2.27. The first kappa shape index (κ1) is 13.0. The lowest BCUT2D eigenvalue weighted by molar-refractivity contribution is 0.405. The van der Waals surface area contributed by atoms with Gasteiger partial charge in [0.05, 0.1) is 12.9 Å². The van der Waals surface area contributed by atoms with Crippen LogP contribution in [0.2, 0.25) is 0 Å². The molecule has 16 heavy (non-hydrogen) atoms. The van der Waals surface area contributed by atoms with Crippen molar-refractivity contribution in [3.8, 4) is 5.75 Å². The molecule has 0 heterocycles. The summed E-state index contributed by atoms with van der Waals surface area (Å²) in [7, 11) is -1.63. The van der Waals surface area contributed by atoms with Crippen LogP contribution in [0.4, 0.5) is 0 Å². The topological polar surface area (TPSA) is 55.4 Å². The van der Waals surface area contributed by atoms with Crippen LogP contribution < -0.4 is 9.46 Å². The number of hydrogen-bond acceptors (Lipinski definition) is 3. The van der Waals surface area contributed by atoms with Crippen molar-refractivity contribution in [2.45, 2.75) is 19.9 Å². The second kappa shape index (κ2) is 5.32. The number of hydrogen-bond donors (Lipinski definition) is 1. The molecule has 1 N–H and O–H groups in total. The Morgan fingerprint density at radius 1 is 1.38 bits per heavy atom. The second-order valence-electron chi connectivity index (χ2n) is 3.48. The molecule has 1 atom stereocenters. The average molecular weight is 243 g/mol. The summed E-state index contributed by atoms with van der Waals surface area (Å²) in [5.41, 5.74) is 0.835. The summed E-state index contributed by atoms with van der Waals surface area (Å²) in [6.07, 6.45) is 0. The summed E-state index contributed by atoms with van der Waals surface area (Å²) >= 11 is 0. The third-order valence-corrected chi connectivity index (χ3v) is 3.81. The number of rotatable bonds is 5. The summed E-state index contributed by atoms with van der Waals surface area (Å²) in [5.74, 6) is 0.765. The van der Waals surface area contributed by atoms with Crippen molar-refractivity contribution in [3.63, 3.8) is 0 Å². The van der Waals surface area contributed by atoms with Gasteiger partial charge < -0.3 is 4.74 Å². The van der Waals surface area contributed by atoms with E-state index in [9.17, 15) is 8.42 Å². The number of ether oxygens (including phenoxy) is 1. The van der Waals surface area contributed by atoms with E-state index in [2.05, 4.69) is 4.72 Å². The molecule has 0 fully saturated rings. The summed E-state index contributed by atoms with van der Waals surface area (Å²) < 4.78 is 30.6. The Bertz CT molecular complexity index is 442. The molecule has 90 valence electrons. The molecule has 1 rings (SSSR count). The number of nitrogens with one attached hydrogen (secondary N) is 1. The van der Waals surface area contributed by atoms with Crippen molar-refractivity contribution in [2.24, 2.45) is 0 Å². The highest BCUT2D eigenvalue weighted by molar-refractivity contribution is 7.89. The van der Waals surface area contributed by atoms with Crippen LogP contribution in [-0.2, 0) is 10.0 Å². The molecule has 1 aromatic carbocycles. The molecule has 1 unspecified atom stereocenters. The van der Waals surface area contributed by atoms with Gasteiger partial charge in [-0.15, -0.1) is 0 Å². The van der Waals surface area contributed by atoms with Gasteiger partial charge in [-0.2, -0.15) is 0 Å². The zero-order valence-corrected chi connectivity index (χ0v) is 10.5. The third kappa shape index (κ3) is 3.21. The number of sulfonamides is 1. The van der Waals surface area contributed by atoms with Crippen molar-refractivity contribution in [3.05, 3.63) is 29.8 Å². The minimum absolute atomic E-state index is 0.0759. The molecule has 4 nitrogen and oxygen atoms in total. The van der Waals surface area contributed by atoms with Gasteiger partial charge in [-0.05, 0) is 19.9 Å². The van der Waals surface area contributed by atoms with Gasteiger partial charge in [-0.25, -0.2) is 13.1 Å². The Labute approximate surface area is 96.7 Å². The van der Waals surface area contributed by atoms with Crippen LogP contribution in [0.15, 0.2) is 24.3 Å². The summed E-state index contributed by atoms with van der Waals surface area (Å²) in [6.45, 7) is 3.41. The van der Waals surface area contributed by atoms with Gasteiger partial charge in [-0.3, -0.25) is 0 Å². The highest BCUT2D eigenvalue weighted by atomic mass is 32.2. The SMILES string of the molecule is CCS(=O)(=O)NC(C)c1ccccc1OC. The van der Waals surface area contributed by atoms with Crippen molar-refractivity contribution in [1.29, 1.82) is 0 Å². The largest absolute Gasteiger partial charge is 0.496 e. The smallest absolute Gasteiger partial charge is 0.211 e. The van der Waals surface area contributed by atoms with Crippen LogP contribution in [0.5, 0.6) is 5.75 Å². The van der Waals surface area contributed by atoms with Crippen molar-refractivity contribution in [1.82, 2.24) is 4.72 Å². The third-order valence-electron chi connectivity index (χ3n) is 2.34. The van der Waals surface area contributed by atoms with E-state index in [1.165, 1.54) is 0 Å². The number of para-hydroxylation sites is 1. The molecule has 0 radical (unpaired) electrons. The Morgan fingerprint density at radius 2 is 2.00 bits per heavy atom. The highest BCUT2D eigenvalue weighted by Gasteiger charge is 2.16. The molecule has 0 aromatic heterocycles. The summed E-state index contributed by atoms with van der Waals surface area (Å²) in [4.78, 5) is 0. The molecule has 0 aliphatic rings. The monoisotopic (exact) mass is 243 g/mol. The standard InChI is InChI=1S/C11H17NO3S/c1-4-16(13,14)12-9(2)10-7-5-6-8-11(10)15-3/h5-9,12H,4H2,1-3H3. The predicted octanol–water partition coefficient (Wildman–Crippen LogP) is 1.70. The van der Waals surface area contributed by atoms with E-state index in [-0.39, 0.29) is 11.8 Å². The Morgan fingerprint density at radius 3 is 2.56 bits per heavy atom. The number of benzene rings is 1. The fraction of sp³-hybridized carbons (Fsp3) is 0.455. The molecule has 0 bridgehead atoms. The Hall–Kier alpha value is -1.07. The molecular weight excluding hydrogens is 226 g/mol. The predicted molar refractivity (Wildman–Crippen MR) is 64.0 cm³/mol. The summed E-state index contributed by atoms with van der Waals surface area (Å²) in [6, 6.07) is 7.08. The first-order valence-electron chi connectivity index (χ1n) is 5.13. The maximum Gasteiger partial charge on any atom is 0.211 e. The first-order valence-corrected chi connectivity index (χ1v) is 6.78.